The first kappa shape index (κ1) is 16.6. The van der Waals surface area contributed by atoms with E-state index in [0.717, 1.165) is 41.4 Å². The van der Waals surface area contributed by atoms with E-state index >= 15 is 0 Å². The Labute approximate surface area is 142 Å². The molecule has 0 spiro atoms. The van der Waals surface area contributed by atoms with Crippen molar-refractivity contribution in [2.24, 2.45) is 5.41 Å². The summed E-state index contributed by atoms with van der Waals surface area (Å²) in [6.07, 6.45) is 1.79. The first-order chi connectivity index (χ1) is 11.2. The Balaban J connectivity index is 1.71. The Hall–Kier alpha value is -2.24. The Morgan fingerprint density at radius 1 is 1.38 bits per heavy atom. The Bertz CT molecular complexity index is 745. The van der Waals surface area contributed by atoms with Gasteiger partial charge in [0, 0.05) is 25.1 Å². The number of urea groups is 1. The van der Waals surface area contributed by atoms with Gasteiger partial charge in [0.15, 0.2) is 0 Å². The zero-order chi connectivity index (χ0) is 17.5. The molecule has 2 amide bonds. The lowest BCUT2D eigenvalue weighted by Crippen LogP contribution is -2.42. The molecule has 1 atom stereocenters. The number of furan rings is 1. The highest BCUT2D eigenvalue weighted by molar-refractivity contribution is 5.74. The molecule has 2 aromatic heterocycles. The van der Waals surface area contributed by atoms with E-state index in [1.165, 1.54) is 0 Å². The van der Waals surface area contributed by atoms with E-state index in [9.17, 15) is 4.79 Å². The number of rotatable bonds is 3. The third-order valence-electron chi connectivity index (χ3n) is 4.46. The number of aromatic nitrogens is 1. The molecule has 6 heteroatoms. The van der Waals surface area contributed by atoms with Crippen LogP contribution in [0.4, 0.5) is 4.79 Å². The monoisotopic (exact) mass is 331 g/mol. The minimum Gasteiger partial charge on any atom is -0.466 e. The lowest BCUT2D eigenvalue weighted by atomic mass is 9.75. The van der Waals surface area contributed by atoms with Gasteiger partial charge in [0.1, 0.15) is 23.0 Å². The second-order valence-electron chi connectivity index (χ2n) is 7.57. The summed E-state index contributed by atoms with van der Waals surface area (Å²) in [5.41, 5.74) is 1.94. The van der Waals surface area contributed by atoms with Crippen molar-refractivity contribution >= 4 is 6.03 Å². The number of hydrogen-bond acceptors (Lipinski definition) is 4. The molecule has 24 heavy (non-hydrogen) atoms. The third-order valence-corrected chi connectivity index (χ3v) is 4.46. The third kappa shape index (κ3) is 3.47. The second kappa shape index (κ2) is 6.00. The number of nitrogens with one attached hydrogen (secondary N) is 1. The molecule has 0 aromatic carbocycles. The number of aryl methyl sites for hydroxylation is 2. The molecule has 1 unspecified atom stereocenters. The van der Waals surface area contributed by atoms with Crippen molar-refractivity contribution in [3.63, 3.8) is 0 Å². The molecule has 1 aliphatic carbocycles. The molecular weight excluding hydrogens is 306 g/mol. The van der Waals surface area contributed by atoms with Crippen LogP contribution in [0.25, 0.3) is 0 Å². The predicted octanol–water partition coefficient (Wildman–Crippen LogP) is 3.74. The van der Waals surface area contributed by atoms with E-state index in [2.05, 4.69) is 24.3 Å². The van der Waals surface area contributed by atoms with Gasteiger partial charge >= 0.3 is 6.03 Å². The molecule has 0 saturated carbocycles. The summed E-state index contributed by atoms with van der Waals surface area (Å²) < 4.78 is 10.9. The average molecular weight is 331 g/mol. The summed E-state index contributed by atoms with van der Waals surface area (Å²) in [7, 11) is 1.76. The fourth-order valence-corrected chi connectivity index (χ4v) is 3.38. The van der Waals surface area contributed by atoms with Gasteiger partial charge in [0.05, 0.1) is 12.6 Å². The second-order valence-corrected chi connectivity index (χ2v) is 7.57. The maximum atomic E-state index is 12.6. The quantitative estimate of drug-likeness (QED) is 0.930. The van der Waals surface area contributed by atoms with E-state index in [1.807, 2.05) is 26.0 Å². The first-order valence-electron chi connectivity index (χ1n) is 8.26. The van der Waals surface area contributed by atoms with E-state index in [0.29, 0.717) is 6.54 Å². The van der Waals surface area contributed by atoms with E-state index < -0.39 is 0 Å². The number of carbonyl (C=O) groups excluding carboxylic acids is 1. The predicted molar refractivity (Wildman–Crippen MR) is 89.5 cm³/mol. The van der Waals surface area contributed by atoms with Gasteiger partial charge in [-0.1, -0.05) is 19.0 Å². The van der Waals surface area contributed by atoms with Crippen LogP contribution in [0.2, 0.25) is 0 Å². The van der Waals surface area contributed by atoms with Crippen LogP contribution in [-0.4, -0.2) is 23.1 Å². The largest absolute Gasteiger partial charge is 0.466 e. The fourth-order valence-electron chi connectivity index (χ4n) is 3.38. The van der Waals surface area contributed by atoms with Crippen molar-refractivity contribution < 1.29 is 13.7 Å². The van der Waals surface area contributed by atoms with Crippen molar-refractivity contribution in [2.45, 2.75) is 53.1 Å². The minimum absolute atomic E-state index is 0.0322. The molecular formula is C18H25N3O3. The normalized spacial score (nSPS) is 19.0. The molecule has 130 valence electrons. The molecule has 2 aromatic rings. The van der Waals surface area contributed by atoms with Crippen LogP contribution in [-0.2, 0) is 13.0 Å². The van der Waals surface area contributed by atoms with Gasteiger partial charge in [-0.15, -0.1) is 0 Å². The lowest BCUT2D eigenvalue weighted by Gasteiger charge is -2.35. The number of amides is 2. The molecule has 0 radical (unpaired) electrons. The van der Waals surface area contributed by atoms with E-state index in [4.69, 9.17) is 8.94 Å². The maximum absolute atomic E-state index is 12.6. The summed E-state index contributed by atoms with van der Waals surface area (Å²) >= 11 is 0. The summed E-state index contributed by atoms with van der Waals surface area (Å²) in [4.78, 5) is 14.2. The summed E-state index contributed by atoms with van der Waals surface area (Å²) in [6, 6.07) is 3.72. The van der Waals surface area contributed by atoms with Gasteiger partial charge < -0.3 is 19.2 Å². The van der Waals surface area contributed by atoms with Crippen LogP contribution in [0.15, 0.2) is 21.1 Å². The molecule has 3 rings (SSSR count). The van der Waals surface area contributed by atoms with Crippen LogP contribution in [0.3, 0.4) is 0 Å². The van der Waals surface area contributed by atoms with Crippen LogP contribution in [0.1, 0.15) is 54.8 Å². The molecule has 0 fully saturated rings. The van der Waals surface area contributed by atoms with Crippen molar-refractivity contribution in [3.05, 3.63) is 40.7 Å². The number of fused-ring (bicyclic) bond motifs is 1. The Morgan fingerprint density at radius 3 is 2.79 bits per heavy atom. The zero-order valence-electron chi connectivity index (χ0n) is 15.0. The summed E-state index contributed by atoms with van der Waals surface area (Å²) in [6.45, 7) is 8.60. The highest BCUT2D eigenvalue weighted by Crippen LogP contribution is 2.42. The first-order valence-corrected chi connectivity index (χ1v) is 8.26. The van der Waals surface area contributed by atoms with Gasteiger partial charge in [0.25, 0.3) is 0 Å². The van der Waals surface area contributed by atoms with Gasteiger partial charge in [-0.25, -0.2) is 4.79 Å². The molecule has 0 bridgehead atoms. The van der Waals surface area contributed by atoms with Crippen molar-refractivity contribution in [1.29, 1.82) is 0 Å². The molecule has 1 N–H and O–H groups in total. The highest BCUT2D eigenvalue weighted by Gasteiger charge is 2.36. The summed E-state index contributed by atoms with van der Waals surface area (Å²) in [5.74, 6) is 2.62. The SMILES string of the molecule is Cc1cc(CN(C)C(=O)NC2CC(C)(C)Cc3oc(C)cc32)no1. The van der Waals surface area contributed by atoms with Crippen molar-refractivity contribution in [3.8, 4) is 0 Å². The Kier molecular flexibility index (Phi) is 4.15. The van der Waals surface area contributed by atoms with E-state index in [-0.39, 0.29) is 17.5 Å². The van der Waals surface area contributed by atoms with Crippen LogP contribution in [0.5, 0.6) is 0 Å². The topological polar surface area (TPSA) is 71.5 Å². The minimum atomic E-state index is -0.122. The Morgan fingerprint density at radius 2 is 2.12 bits per heavy atom. The van der Waals surface area contributed by atoms with Gasteiger partial charge in [-0.2, -0.15) is 0 Å². The smallest absolute Gasteiger partial charge is 0.317 e. The lowest BCUT2D eigenvalue weighted by molar-refractivity contribution is 0.187. The molecule has 2 heterocycles. The average Bonchev–Trinajstić information content (AvgIpc) is 3.02. The highest BCUT2D eigenvalue weighted by atomic mass is 16.5. The molecule has 1 aliphatic rings. The molecule has 6 nitrogen and oxygen atoms in total. The summed E-state index contributed by atoms with van der Waals surface area (Å²) in [5, 5.41) is 7.08. The van der Waals surface area contributed by atoms with E-state index in [1.54, 1.807) is 11.9 Å². The fraction of sp³-hybridized carbons (Fsp3) is 0.556. The van der Waals surface area contributed by atoms with Crippen molar-refractivity contribution in [2.75, 3.05) is 7.05 Å². The zero-order valence-corrected chi connectivity index (χ0v) is 15.0. The standard InChI is InChI=1S/C18H25N3O3/c1-11-7-14-15(8-18(3,4)9-16(14)23-11)19-17(22)21(5)10-13-6-12(2)24-20-13/h6-7,15H,8-10H2,1-5H3,(H,19,22). The van der Waals surface area contributed by atoms with Crippen LogP contribution in [0, 0.1) is 19.3 Å². The van der Waals surface area contributed by atoms with Crippen LogP contribution >= 0.6 is 0 Å². The molecule has 0 saturated heterocycles. The number of hydrogen-bond donors (Lipinski definition) is 1. The van der Waals surface area contributed by atoms with Gasteiger partial charge in [-0.3, -0.25) is 0 Å². The van der Waals surface area contributed by atoms with Crippen LogP contribution < -0.4 is 5.32 Å². The number of nitrogens with zero attached hydrogens (tertiary/aromatic N) is 2. The maximum Gasteiger partial charge on any atom is 0.317 e. The molecule has 0 aliphatic heterocycles. The van der Waals surface area contributed by atoms with Gasteiger partial charge in [-0.05, 0) is 31.7 Å². The van der Waals surface area contributed by atoms with Gasteiger partial charge in [0.2, 0.25) is 0 Å². The number of carbonyl (C=O) groups is 1. The van der Waals surface area contributed by atoms with Crippen molar-refractivity contribution in [1.82, 2.24) is 15.4 Å².